The van der Waals surface area contributed by atoms with Gasteiger partial charge in [0.1, 0.15) is 17.7 Å². The molecule has 2 aromatic rings. The Kier molecular flexibility index (Phi) is 3.08. The molecule has 4 rings (SSSR count). The Morgan fingerprint density at radius 3 is 2.55 bits per heavy atom. The number of carbonyl (C=O) groups is 1. The lowest BCUT2D eigenvalue weighted by Crippen LogP contribution is -2.50. The van der Waals surface area contributed by atoms with E-state index < -0.39 is 0 Å². The summed E-state index contributed by atoms with van der Waals surface area (Å²) in [5.74, 6) is 0.386. The van der Waals surface area contributed by atoms with Crippen LogP contribution in [0.2, 0.25) is 0 Å². The first kappa shape index (κ1) is 13.3. The average Bonchev–Trinajstić information content (AvgIpc) is 2.84. The lowest BCUT2D eigenvalue weighted by atomic mass is 9.98. The molecule has 0 radical (unpaired) electrons. The molecular formula is C17H15FN2O2. The standard InChI is InChI=1S/C17H15FN2O2/c18-12-3-1-10(2-4-12)14-6-15-11(7-20-17(15)21)5-16(14)22-13-8-19-9-13/h1-6,13,19H,7-9H2,(H,20,21). The van der Waals surface area contributed by atoms with Gasteiger partial charge in [0, 0.05) is 30.8 Å². The number of hydrogen-bond acceptors (Lipinski definition) is 3. The number of hydrogen-bond donors (Lipinski definition) is 2. The number of nitrogens with one attached hydrogen (secondary N) is 2. The summed E-state index contributed by atoms with van der Waals surface area (Å²) in [5.41, 5.74) is 3.27. The van der Waals surface area contributed by atoms with E-state index in [1.54, 1.807) is 12.1 Å². The van der Waals surface area contributed by atoms with Crippen LogP contribution in [0.3, 0.4) is 0 Å². The SMILES string of the molecule is O=C1NCc2cc(OC3CNC3)c(-c3ccc(F)cc3)cc21. The van der Waals surface area contributed by atoms with Crippen LogP contribution in [-0.2, 0) is 6.54 Å². The highest BCUT2D eigenvalue weighted by Gasteiger charge is 2.25. The molecule has 2 aromatic carbocycles. The molecule has 0 unspecified atom stereocenters. The molecule has 2 heterocycles. The third-order valence-electron chi connectivity index (χ3n) is 4.08. The molecule has 5 heteroatoms. The van der Waals surface area contributed by atoms with Crippen LogP contribution in [-0.4, -0.2) is 25.1 Å². The number of carbonyl (C=O) groups excluding carboxylic acids is 1. The number of amides is 1. The molecule has 1 amide bonds. The lowest BCUT2D eigenvalue weighted by Gasteiger charge is -2.29. The maximum Gasteiger partial charge on any atom is 0.251 e. The van der Waals surface area contributed by atoms with Crippen molar-refractivity contribution < 1.29 is 13.9 Å². The highest BCUT2D eigenvalue weighted by atomic mass is 19.1. The molecule has 0 aliphatic carbocycles. The third kappa shape index (κ3) is 2.23. The van der Waals surface area contributed by atoms with Gasteiger partial charge in [-0.25, -0.2) is 4.39 Å². The highest BCUT2D eigenvalue weighted by Crippen LogP contribution is 2.35. The second-order valence-electron chi connectivity index (χ2n) is 5.59. The van der Waals surface area contributed by atoms with Gasteiger partial charge in [-0.15, -0.1) is 0 Å². The first-order valence-electron chi connectivity index (χ1n) is 7.29. The second kappa shape index (κ2) is 5.10. The summed E-state index contributed by atoms with van der Waals surface area (Å²) in [7, 11) is 0. The Balaban J connectivity index is 1.80. The quantitative estimate of drug-likeness (QED) is 0.912. The summed E-state index contributed by atoms with van der Waals surface area (Å²) >= 11 is 0. The van der Waals surface area contributed by atoms with Crippen molar-refractivity contribution >= 4 is 5.91 Å². The zero-order valence-corrected chi connectivity index (χ0v) is 11.9. The van der Waals surface area contributed by atoms with Crippen LogP contribution in [0, 0.1) is 5.82 Å². The molecule has 4 nitrogen and oxygen atoms in total. The smallest absolute Gasteiger partial charge is 0.251 e. The summed E-state index contributed by atoms with van der Waals surface area (Å²) in [6.07, 6.45) is 0.141. The zero-order valence-electron chi connectivity index (χ0n) is 11.9. The predicted octanol–water partition coefficient (Wildman–Crippen LogP) is 2.09. The van der Waals surface area contributed by atoms with Gasteiger partial charge in [0.25, 0.3) is 5.91 Å². The van der Waals surface area contributed by atoms with E-state index >= 15 is 0 Å². The minimum Gasteiger partial charge on any atom is -0.487 e. The average molecular weight is 298 g/mol. The molecule has 112 valence electrons. The van der Waals surface area contributed by atoms with Gasteiger partial charge >= 0.3 is 0 Å². The monoisotopic (exact) mass is 298 g/mol. The maximum absolute atomic E-state index is 13.2. The predicted molar refractivity (Wildman–Crippen MR) is 80.3 cm³/mol. The fourth-order valence-electron chi connectivity index (χ4n) is 2.73. The van der Waals surface area contributed by atoms with Crippen LogP contribution >= 0.6 is 0 Å². The van der Waals surface area contributed by atoms with E-state index in [1.807, 2.05) is 12.1 Å². The van der Waals surface area contributed by atoms with Gasteiger partial charge < -0.3 is 15.4 Å². The fraction of sp³-hybridized carbons (Fsp3) is 0.235. The van der Waals surface area contributed by atoms with Crippen LogP contribution in [0.15, 0.2) is 36.4 Å². The van der Waals surface area contributed by atoms with Crippen molar-refractivity contribution in [1.82, 2.24) is 10.6 Å². The molecule has 0 aromatic heterocycles. The molecule has 1 saturated heterocycles. The van der Waals surface area contributed by atoms with Crippen molar-refractivity contribution in [2.45, 2.75) is 12.6 Å². The van der Waals surface area contributed by atoms with Crippen molar-refractivity contribution in [3.63, 3.8) is 0 Å². The van der Waals surface area contributed by atoms with E-state index in [2.05, 4.69) is 10.6 Å². The van der Waals surface area contributed by atoms with Crippen molar-refractivity contribution in [3.8, 4) is 16.9 Å². The number of benzene rings is 2. The van der Waals surface area contributed by atoms with E-state index in [1.165, 1.54) is 12.1 Å². The van der Waals surface area contributed by atoms with Crippen LogP contribution in [0.5, 0.6) is 5.75 Å². The molecule has 0 saturated carbocycles. The molecule has 2 aliphatic rings. The first-order valence-corrected chi connectivity index (χ1v) is 7.29. The van der Waals surface area contributed by atoms with Gasteiger partial charge in [-0.2, -0.15) is 0 Å². The van der Waals surface area contributed by atoms with Crippen molar-refractivity contribution in [1.29, 1.82) is 0 Å². The minimum atomic E-state index is -0.284. The van der Waals surface area contributed by atoms with Gasteiger partial charge in [-0.1, -0.05) is 12.1 Å². The summed E-state index contributed by atoms with van der Waals surface area (Å²) < 4.78 is 19.2. The number of halogens is 1. The Morgan fingerprint density at radius 1 is 1.09 bits per heavy atom. The third-order valence-corrected chi connectivity index (χ3v) is 4.08. The van der Waals surface area contributed by atoms with Gasteiger partial charge in [-0.3, -0.25) is 4.79 Å². The van der Waals surface area contributed by atoms with Gasteiger partial charge in [0.15, 0.2) is 0 Å². The largest absolute Gasteiger partial charge is 0.487 e. The summed E-state index contributed by atoms with van der Waals surface area (Å²) in [6, 6.07) is 10.00. The highest BCUT2D eigenvalue weighted by molar-refractivity contribution is 6.00. The minimum absolute atomic E-state index is 0.0739. The number of ether oxygens (including phenoxy) is 1. The van der Waals surface area contributed by atoms with Gasteiger partial charge in [-0.05, 0) is 35.4 Å². The van der Waals surface area contributed by atoms with Crippen LogP contribution < -0.4 is 15.4 Å². The van der Waals surface area contributed by atoms with Crippen molar-refractivity contribution in [2.24, 2.45) is 0 Å². The molecule has 1 fully saturated rings. The van der Waals surface area contributed by atoms with Crippen LogP contribution in [0.25, 0.3) is 11.1 Å². The maximum atomic E-state index is 13.2. The van der Waals surface area contributed by atoms with E-state index in [4.69, 9.17) is 4.74 Å². The molecule has 22 heavy (non-hydrogen) atoms. The first-order chi connectivity index (χ1) is 10.7. The molecule has 0 atom stereocenters. The number of fused-ring (bicyclic) bond motifs is 1. The van der Waals surface area contributed by atoms with E-state index in [-0.39, 0.29) is 17.8 Å². The summed E-state index contributed by atoms with van der Waals surface area (Å²) in [4.78, 5) is 11.9. The molecule has 2 aliphatic heterocycles. The van der Waals surface area contributed by atoms with Crippen LogP contribution in [0.4, 0.5) is 4.39 Å². The lowest BCUT2D eigenvalue weighted by molar-refractivity contribution is 0.0966. The van der Waals surface area contributed by atoms with E-state index in [9.17, 15) is 9.18 Å². The molecule has 0 spiro atoms. The molecular weight excluding hydrogens is 283 g/mol. The van der Waals surface area contributed by atoms with Crippen molar-refractivity contribution in [3.05, 3.63) is 53.3 Å². The zero-order chi connectivity index (χ0) is 15.1. The second-order valence-corrected chi connectivity index (χ2v) is 5.59. The van der Waals surface area contributed by atoms with E-state index in [0.717, 1.165) is 35.5 Å². The Morgan fingerprint density at radius 2 is 1.86 bits per heavy atom. The summed E-state index contributed by atoms with van der Waals surface area (Å²) in [5, 5.41) is 5.98. The van der Waals surface area contributed by atoms with Crippen LogP contribution in [0.1, 0.15) is 15.9 Å². The topological polar surface area (TPSA) is 50.4 Å². The van der Waals surface area contributed by atoms with E-state index in [0.29, 0.717) is 12.1 Å². The Labute approximate surface area is 127 Å². The fourth-order valence-corrected chi connectivity index (χ4v) is 2.73. The molecule has 2 N–H and O–H groups in total. The van der Waals surface area contributed by atoms with Crippen molar-refractivity contribution in [2.75, 3.05) is 13.1 Å². The summed E-state index contributed by atoms with van der Waals surface area (Å²) in [6.45, 7) is 2.16. The van der Waals surface area contributed by atoms with Gasteiger partial charge in [0.2, 0.25) is 0 Å². The molecule has 0 bridgehead atoms. The number of rotatable bonds is 3. The van der Waals surface area contributed by atoms with Gasteiger partial charge in [0.05, 0.1) is 0 Å². The Hall–Kier alpha value is -2.40. The Bertz CT molecular complexity index is 739. The normalized spacial score (nSPS) is 16.9.